The van der Waals surface area contributed by atoms with E-state index < -0.39 is 42.1 Å². The van der Waals surface area contributed by atoms with Crippen LogP contribution in [0.5, 0.6) is 0 Å². The van der Waals surface area contributed by atoms with Crippen molar-refractivity contribution in [3.63, 3.8) is 0 Å². The Hall–Kier alpha value is -2.22. The number of amides is 1. The SMILES string of the molecule is CCCC(NC(C)N)OC(=O)C(N)C(CSC)c1cc(C(F)(F)F)ccc1N1CCN(C(=O)CCc2ccc(Cl)cc2Cl)CC1. The van der Waals surface area contributed by atoms with Gasteiger partial charge in [0.15, 0.2) is 6.23 Å². The molecule has 0 aliphatic carbocycles. The number of carbonyl (C=O) groups excluding carboxylic acids is 2. The van der Waals surface area contributed by atoms with Crippen LogP contribution in [-0.2, 0) is 26.9 Å². The number of nitrogens with one attached hydrogen (secondary N) is 1. The summed E-state index contributed by atoms with van der Waals surface area (Å²) in [6.45, 7) is 5.21. The predicted molar refractivity (Wildman–Crippen MR) is 176 cm³/mol. The van der Waals surface area contributed by atoms with E-state index in [9.17, 15) is 22.8 Å². The molecule has 4 unspecified atom stereocenters. The lowest BCUT2D eigenvalue weighted by Crippen LogP contribution is -2.50. The topological polar surface area (TPSA) is 114 Å². The van der Waals surface area contributed by atoms with Crippen LogP contribution in [0.1, 0.15) is 55.7 Å². The molecule has 2 aromatic rings. The fourth-order valence-corrected chi connectivity index (χ4v) is 6.57. The number of nitrogens with zero attached hydrogens (tertiary/aromatic N) is 2. The number of anilines is 1. The Morgan fingerprint density at radius 3 is 2.36 bits per heavy atom. The molecule has 1 aliphatic heterocycles. The van der Waals surface area contributed by atoms with Crippen molar-refractivity contribution in [1.82, 2.24) is 10.2 Å². The van der Waals surface area contributed by atoms with E-state index in [4.69, 9.17) is 39.4 Å². The lowest BCUT2D eigenvalue weighted by Gasteiger charge is -2.38. The molecule has 1 aliphatic rings. The van der Waals surface area contributed by atoms with Crippen molar-refractivity contribution in [2.45, 2.75) is 70.1 Å². The molecule has 1 amide bonds. The summed E-state index contributed by atoms with van der Waals surface area (Å²) in [6, 6.07) is 7.49. The summed E-state index contributed by atoms with van der Waals surface area (Å²) in [4.78, 5) is 29.9. The molecule has 1 fully saturated rings. The van der Waals surface area contributed by atoms with Crippen LogP contribution in [0.15, 0.2) is 36.4 Å². The minimum absolute atomic E-state index is 0.0413. The van der Waals surface area contributed by atoms with E-state index in [2.05, 4.69) is 5.32 Å². The molecule has 45 heavy (non-hydrogen) atoms. The Morgan fingerprint density at radius 2 is 1.78 bits per heavy atom. The highest BCUT2D eigenvalue weighted by molar-refractivity contribution is 7.98. The number of carbonyl (C=O) groups is 2. The zero-order chi connectivity index (χ0) is 33.3. The lowest BCUT2D eigenvalue weighted by molar-refractivity contribution is -0.153. The van der Waals surface area contributed by atoms with E-state index in [1.807, 2.05) is 11.8 Å². The third kappa shape index (κ3) is 10.7. The number of rotatable bonds is 14. The van der Waals surface area contributed by atoms with E-state index in [1.165, 1.54) is 17.8 Å². The quantitative estimate of drug-likeness (QED) is 0.173. The van der Waals surface area contributed by atoms with Crippen LogP contribution in [0, 0.1) is 0 Å². The number of nitrogens with two attached hydrogens (primary N) is 2. The van der Waals surface area contributed by atoms with Gasteiger partial charge in [0, 0.05) is 60.0 Å². The van der Waals surface area contributed by atoms with Crippen molar-refractivity contribution in [3.05, 3.63) is 63.1 Å². The van der Waals surface area contributed by atoms with Gasteiger partial charge in [-0.3, -0.25) is 14.9 Å². The number of hydrogen-bond acceptors (Lipinski definition) is 8. The van der Waals surface area contributed by atoms with Crippen molar-refractivity contribution in [1.29, 1.82) is 0 Å². The zero-order valence-electron chi connectivity index (χ0n) is 25.7. The highest BCUT2D eigenvalue weighted by Gasteiger charge is 2.36. The molecule has 2 aromatic carbocycles. The molecule has 1 heterocycles. The normalized spacial score (nSPS) is 16.7. The van der Waals surface area contributed by atoms with Gasteiger partial charge in [-0.15, -0.1) is 0 Å². The number of alkyl halides is 3. The van der Waals surface area contributed by atoms with Crippen LogP contribution in [-0.4, -0.2) is 73.4 Å². The van der Waals surface area contributed by atoms with Gasteiger partial charge in [0.25, 0.3) is 0 Å². The standard InChI is InChI=1S/C31H42Cl2F3N5O3S/c1-4-5-27(39-19(2)37)44-30(43)29(38)24(18-45-3)23-16-21(31(34,35)36)8-10-26(23)40-12-14-41(15-13-40)28(42)11-7-20-6-9-22(32)17-25(20)33/h6,8-10,16-17,19,24,27,29,39H,4-5,7,11-15,18,37-38H2,1-3H3. The van der Waals surface area contributed by atoms with Crippen LogP contribution in [0.2, 0.25) is 10.0 Å². The van der Waals surface area contributed by atoms with Gasteiger partial charge in [-0.25, -0.2) is 0 Å². The van der Waals surface area contributed by atoms with Crippen molar-refractivity contribution >= 4 is 52.5 Å². The summed E-state index contributed by atoms with van der Waals surface area (Å²) in [5, 5.41) is 4.00. The largest absolute Gasteiger partial charge is 0.445 e. The smallest absolute Gasteiger partial charge is 0.416 e. The first kappa shape index (κ1) is 37.2. The van der Waals surface area contributed by atoms with Gasteiger partial charge in [0.2, 0.25) is 5.91 Å². The highest BCUT2D eigenvalue weighted by atomic mass is 35.5. The summed E-state index contributed by atoms with van der Waals surface area (Å²) < 4.78 is 47.3. The number of piperazine rings is 1. The van der Waals surface area contributed by atoms with Gasteiger partial charge in [-0.05, 0) is 67.5 Å². The Labute approximate surface area is 277 Å². The van der Waals surface area contributed by atoms with E-state index in [-0.39, 0.29) is 18.1 Å². The summed E-state index contributed by atoms with van der Waals surface area (Å²) in [5.41, 5.74) is 13.1. The first-order valence-corrected chi connectivity index (χ1v) is 17.0. The van der Waals surface area contributed by atoms with Crippen LogP contribution in [0.25, 0.3) is 0 Å². The Bertz CT molecular complexity index is 1300. The molecular weight excluding hydrogens is 650 g/mol. The molecule has 5 N–H and O–H groups in total. The molecule has 0 radical (unpaired) electrons. The molecule has 14 heteroatoms. The van der Waals surface area contributed by atoms with Crippen molar-refractivity contribution < 1.29 is 27.5 Å². The van der Waals surface area contributed by atoms with Crippen molar-refractivity contribution in [3.8, 4) is 0 Å². The van der Waals surface area contributed by atoms with Gasteiger partial charge >= 0.3 is 12.1 Å². The summed E-state index contributed by atoms with van der Waals surface area (Å²) >= 11 is 13.6. The minimum Gasteiger partial charge on any atom is -0.445 e. The van der Waals surface area contributed by atoms with Gasteiger partial charge in [-0.2, -0.15) is 24.9 Å². The minimum atomic E-state index is -4.59. The number of ether oxygens (including phenoxy) is 1. The van der Waals surface area contributed by atoms with Gasteiger partial charge in [0.1, 0.15) is 6.04 Å². The second-order valence-corrected chi connectivity index (χ2v) is 12.9. The van der Waals surface area contributed by atoms with Crippen LogP contribution in [0.4, 0.5) is 18.9 Å². The monoisotopic (exact) mass is 691 g/mol. The first-order valence-electron chi connectivity index (χ1n) is 14.9. The van der Waals surface area contributed by atoms with E-state index in [1.54, 1.807) is 36.3 Å². The second-order valence-electron chi connectivity index (χ2n) is 11.1. The average molecular weight is 693 g/mol. The Balaban J connectivity index is 1.80. The van der Waals surface area contributed by atoms with Crippen molar-refractivity contribution in [2.24, 2.45) is 11.5 Å². The maximum absolute atomic E-state index is 13.9. The third-order valence-corrected chi connectivity index (χ3v) is 8.94. The number of hydrogen-bond donors (Lipinski definition) is 3. The maximum atomic E-state index is 13.9. The molecule has 1 saturated heterocycles. The number of benzene rings is 2. The number of halogens is 5. The first-order chi connectivity index (χ1) is 21.2. The molecule has 3 rings (SSSR count). The average Bonchev–Trinajstić information content (AvgIpc) is 2.98. The maximum Gasteiger partial charge on any atom is 0.416 e. The van der Waals surface area contributed by atoms with E-state index in [0.717, 1.165) is 17.7 Å². The number of thioether (sulfide) groups is 1. The molecule has 0 spiro atoms. The molecule has 250 valence electrons. The second kappa shape index (κ2) is 17.1. The fourth-order valence-electron chi connectivity index (χ4n) is 5.32. The van der Waals surface area contributed by atoms with Crippen LogP contribution in [0.3, 0.4) is 0 Å². The zero-order valence-corrected chi connectivity index (χ0v) is 28.0. The van der Waals surface area contributed by atoms with Gasteiger partial charge in [-0.1, -0.05) is 42.6 Å². The molecule has 0 saturated carbocycles. The van der Waals surface area contributed by atoms with Crippen LogP contribution < -0.4 is 21.7 Å². The van der Waals surface area contributed by atoms with Crippen LogP contribution >= 0.6 is 35.0 Å². The molecule has 0 bridgehead atoms. The molecule has 0 aromatic heterocycles. The molecule has 4 atom stereocenters. The Morgan fingerprint density at radius 1 is 1.09 bits per heavy atom. The van der Waals surface area contributed by atoms with Crippen molar-refractivity contribution in [2.75, 3.05) is 43.1 Å². The fraction of sp³-hybridized carbons (Fsp3) is 0.548. The Kier molecular flexibility index (Phi) is 14.1. The third-order valence-electron chi connectivity index (χ3n) is 7.66. The summed E-state index contributed by atoms with van der Waals surface area (Å²) in [7, 11) is 0. The molecular formula is C31H42Cl2F3N5O3S. The number of esters is 1. The van der Waals surface area contributed by atoms with Gasteiger partial charge in [0.05, 0.1) is 11.7 Å². The lowest BCUT2D eigenvalue weighted by atomic mass is 9.90. The summed E-state index contributed by atoms with van der Waals surface area (Å²) in [6.07, 6.45) is -1.98. The van der Waals surface area contributed by atoms with E-state index >= 15 is 0 Å². The van der Waals surface area contributed by atoms with E-state index in [0.29, 0.717) is 66.7 Å². The molecule has 8 nitrogen and oxygen atoms in total. The predicted octanol–water partition coefficient (Wildman–Crippen LogP) is 5.63. The van der Waals surface area contributed by atoms with Gasteiger partial charge < -0.3 is 26.0 Å². The highest BCUT2D eigenvalue weighted by Crippen LogP contribution is 2.38. The summed E-state index contributed by atoms with van der Waals surface area (Å²) in [5.74, 6) is -1.25. The number of aryl methyl sites for hydroxylation is 1.